The number of aromatic nitrogens is 1. The summed E-state index contributed by atoms with van der Waals surface area (Å²) >= 11 is 4.21. The topological polar surface area (TPSA) is 142 Å². The zero-order chi connectivity index (χ0) is 27.7. The minimum atomic E-state index is -0.969. The number of hydrogen-bond donors (Lipinski definition) is 1. The van der Waals surface area contributed by atoms with Gasteiger partial charge in [-0.1, -0.05) is 27.3 Å². The van der Waals surface area contributed by atoms with Crippen LogP contribution in [0.4, 0.5) is 5.69 Å². The number of carbonyl (C=O) groups excluding carboxylic acids is 1. The van der Waals surface area contributed by atoms with Crippen LogP contribution >= 0.6 is 27.3 Å². The van der Waals surface area contributed by atoms with Crippen molar-refractivity contribution in [2.24, 2.45) is 4.99 Å². The van der Waals surface area contributed by atoms with E-state index in [1.165, 1.54) is 30.9 Å². The summed E-state index contributed by atoms with van der Waals surface area (Å²) in [6.07, 6.45) is 1.35. The predicted molar refractivity (Wildman–Crippen MR) is 142 cm³/mol. The smallest absolute Gasteiger partial charge is 0.338 e. The fourth-order valence-corrected chi connectivity index (χ4v) is 5.64. The van der Waals surface area contributed by atoms with Crippen LogP contribution < -0.4 is 24.4 Å². The lowest BCUT2D eigenvalue weighted by Gasteiger charge is -2.26. The fraction of sp³-hybridized carbons (Fsp3) is 0.240. The summed E-state index contributed by atoms with van der Waals surface area (Å²) in [5.74, 6) is -0.342. The van der Waals surface area contributed by atoms with E-state index in [4.69, 9.17) is 14.2 Å². The van der Waals surface area contributed by atoms with Crippen molar-refractivity contribution in [3.05, 3.63) is 87.0 Å². The van der Waals surface area contributed by atoms with Gasteiger partial charge in [0.15, 0.2) is 4.80 Å². The van der Waals surface area contributed by atoms with Crippen molar-refractivity contribution in [2.45, 2.75) is 19.9 Å². The van der Waals surface area contributed by atoms with Gasteiger partial charge >= 0.3 is 11.7 Å². The van der Waals surface area contributed by atoms with Crippen LogP contribution in [0.3, 0.4) is 0 Å². The Morgan fingerprint density at radius 1 is 1.29 bits per heavy atom. The molecule has 0 unspecified atom stereocenters. The fourth-order valence-electron chi connectivity index (χ4n) is 4.13. The number of thiazole rings is 1. The van der Waals surface area contributed by atoms with Crippen LogP contribution in [-0.4, -0.2) is 41.4 Å². The Morgan fingerprint density at radius 3 is 2.66 bits per heavy atom. The third kappa shape index (κ3) is 4.82. The maximum atomic E-state index is 13.8. The molecule has 1 aliphatic rings. The molecule has 2 heterocycles. The van der Waals surface area contributed by atoms with Crippen LogP contribution in [0.2, 0.25) is 0 Å². The van der Waals surface area contributed by atoms with E-state index in [2.05, 4.69) is 20.9 Å². The van der Waals surface area contributed by atoms with Gasteiger partial charge in [-0.25, -0.2) is 9.79 Å². The molecule has 2 aromatic carbocycles. The molecule has 4 rings (SSSR count). The first kappa shape index (κ1) is 27.1. The molecule has 0 aliphatic carbocycles. The van der Waals surface area contributed by atoms with Crippen molar-refractivity contribution in [3.63, 3.8) is 0 Å². The van der Waals surface area contributed by atoms with Crippen molar-refractivity contribution in [2.75, 3.05) is 20.8 Å². The third-order valence-corrected chi connectivity index (χ3v) is 7.26. The Bertz CT molecular complexity index is 1670. The second-order valence-corrected chi connectivity index (χ2v) is 9.95. The second kappa shape index (κ2) is 10.8. The Labute approximate surface area is 228 Å². The predicted octanol–water partition coefficient (Wildman–Crippen LogP) is 3.19. The van der Waals surface area contributed by atoms with Gasteiger partial charge in [-0.15, -0.1) is 0 Å². The number of phenolic OH excluding ortho intramolecular Hbond substituents is 1. The molecule has 1 atom stereocenters. The van der Waals surface area contributed by atoms with Crippen molar-refractivity contribution in [1.29, 1.82) is 0 Å². The minimum Gasteiger partial charge on any atom is -0.502 e. The molecule has 1 N–H and O–H groups in total. The summed E-state index contributed by atoms with van der Waals surface area (Å²) in [5.41, 5.74) is -0.00545. The van der Waals surface area contributed by atoms with Gasteiger partial charge in [-0.05, 0) is 44.2 Å². The summed E-state index contributed by atoms with van der Waals surface area (Å²) in [5, 5.41) is 21.9. The second-order valence-electron chi connectivity index (χ2n) is 8.03. The summed E-state index contributed by atoms with van der Waals surface area (Å²) in [6, 6.07) is 6.68. The van der Waals surface area contributed by atoms with Crippen LogP contribution in [-0.2, 0) is 9.53 Å². The first-order chi connectivity index (χ1) is 18.1. The average molecular weight is 604 g/mol. The Morgan fingerprint density at radius 2 is 2.03 bits per heavy atom. The van der Waals surface area contributed by atoms with Gasteiger partial charge < -0.3 is 19.3 Å². The van der Waals surface area contributed by atoms with Gasteiger partial charge in [-0.3, -0.25) is 19.5 Å². The van der Waals surface area contributed by atoms with Gasteiger partial charge in [0.1, 0.15) is 17.5 Å². The number of ether oxygens (including phenoxy) is 3. The molecular weight excluding hydrogens is 582 g/mol. The Balaban J connectivity index is 2.04. The third-order valence-electron chi connectivity index (χ3n) is 5.82. The summed E-state index contributed by atoms with van der Waals surface area (Å²) in [6.45, 7) is 3.43. The number of carbonyl (C=O) groups is 1. The first-order valence-electron chi connectivity index (χ1n) is 11.2. The Kier molecular flexibility index (Phi) is 7.69. The van der Waals surface area contributed by atoms with Gasteiger partial charge in [0.25, 0.3) is 5.56 Å². The highest BCUT2D eigenvalue weighted by Crippen LogP contribution is 2.38. The van der Waals surface area contributed by atoms with E-state index in [-0.39, 0.29) is 27.1 Å². The van der Waals surface area contributed by atoms with Crippen LogP contribution in [0.5, 0.6) is 17.2 Å². The van der Waals surface area contributed by atoms with Crippen LogP contribution in [0.25, 0.3) is 6.08 Å². The highest BCUT2D eigenvalue weighted by molar-refractivity contribution is 9.10. The number of nitro benzene ring substituents is 1. The molecule has 198 valence electrons. The van der Waals surface area contributed by atoms with Gasteiger partial charge in [0.05, 0.1) is 41.6 Å². The normalized spacial score (nSPS) is 15.1. The monoisotopic (exact) mass is 603 g/mol. The molecule has 13 heteroatoms. The summed E-state index contributed by atoms with van der Waals surface area (Å²) < 4.78 is 18.1. The van der Waals surface area contributed by atoms with E-state index in [1.54, 1.807) is 32.0 Å². The van der Waals surface area contributed by atoms with Gasteiger partial charge in [-0.2, -0.15) is 0 Å². The molecule has 0 radical (unpaired) electrons. The van der Waals surface area contributed by atoms with E-state index in [9.17, 15) is 24.8 Å². The molecule has 0 bridgehead atoms. The largest absolute Gasteiger partial charge is 0.502 e. The number of esters is 1. The highest BCUT2D eigenvalue weighted by atomic mass is 79.9. The maximum absolute atomic E-state index is 13.8. The maximum Gasteiger partial charge on any atom is 0.338 e. The molecule has 38 heavy (non-hydrogen) atoms. The number of nitro groups is 1. The molecular formula is C25H22BrN3O8S. The number of phenols is 1. The summed E-state index contributed by atoms with van der Waals surface area (Å²) in [7, 11) is 2.96. The summed E-state index contributed by atoms with van der Waals surface area (Å²) in [4.78, 5) is 42.4. The average Bonchev–Trinajstić information content (AvgIpc) is 3.18. The van der Waals surface area contributed by atoms with Gasteiger partial charge in [0.2, 0.25) is 5.75 Å². The number of hydrogen-bond acceptors (Lipinski definition) is 10. The number of methoxy groups -OCH3 is 2. The number of fused-ring (bicyclic) bond motifs is 1. The number of halogens is 1. The number of nitrogens with zero attached hydrogens (tertiary/aromatic N) is 3. The van der Waals surface area contributed by atoms with E-state index in [0.717, 1.165) is 17.4 Å². The number of rotatable bonds is 7. The molecule has 0 fully saturated rings. The molecule has 0 saturated heterocycles. The van der Waals surface area contributed by atoms with Crippen molar-refractivity contribution in [1.82, 2.24) is 4.57 Å². The zero-order valence-corrected chi connectivity index (χ0v) is 23.1. The van der Waals surface area contributed by atoms with E-state index < -0.39 is 33.9 Å². The molecule has 1 aliphatic heterocycles. The quantitative estimate of drug-likeness (QED) is 0.246. The molecule has 1 aromatic heterocycles. The van der Waals surface area contributed by atoms with E-state index in [1.807, 2.05) is 0 Å². The highest BCUT2D eigenvalue weighted by Gasteiger charge is 2.35. The van der Waals surface area contributed by atoms with Gasteiger partial charge in [0, 0.05) is 21.7 Å². The lowest BCUT2D eigenvalue weighted by atomic mass is 9.94. The van der Waals surface area contributed by atoms with Crippen molar-refractivity contribution < 1.29 is 29.0 Å². The molecule has 0 amide bonds. The minimum absolute atomic E-state index is 0.0631. The number of allylic oxidation sites excluding steroid dienone is 1. The molecule has 11 nitrogen and oxygen atoms in total. The number of benzene rings is 2. The van der Waals surface area contributed by atoms with E-state index >= 15 is 0 Å². The van der Waals surface area contributed by atoms with Crippen LogP contribution in [0, 0.1) is 10.1 Å². The van der Waals surface area contributed by atoms with Crippen LogP contribution in [0.1, 0.15) is 31.0 Å². The van der Waals surface area contributed by atoms with Crippen LogP contribution in [0.15, 0.2) is 55.9 Å². The van der Waals surface area contributed by atoms with E-state index in [0.29, 0.717) is 27.2 Å². The Hall–Kier alpha value is -3.97. The lowest BCUT2D eigenvalue weighted by molar-refractivity contribution is -0.385. The van der Waals surface area contributed by atoms with Crippen molar-refractivity contribution >= 4 is 45.0 Å². The SMILES string of the molecule is CCOC(=O)C1=C(C)N=c2s/c(=C\c3cc(Br)cc([N+](=O)[O-])c3O)c(=O)n2[C@@H]1c1cc(OC)ccc1OC. The first-order valence-corrected chi connectivity index (χ1v) is 12.8. The van der Waals surface area contributed by atoms with Crippen molar-refractivity contribution in [3.8, 4) is 17.2 Å². The standard InChI is InChI=1S/C25H22BrN3O8S/c1-5-37-24(32)20-12(2)27-25-28(21(20)16-11-15(35-3)6-7-18(16)36-4)23(31)19(38-25)9-13-8-14(26)10-17(22(13)30)29(33)34/h6-11,21,30H,5H2,1-4H3/b19-9-/t21-/m1/s1. The zero-order valence-electron chi connectivity index (χ0n) is 20.7. The molecule has 0 spiro atoms. The molecule has 3 aromatic rings. The lowest BCUT2D eigenvalue weighted by Crippen LogP contribution is -2.40. The molecule has 0 saturated carbocycles. The number of aromatic hydroxyl groups is 1.